The van der Waals surface area contributed by atoms with Gasteiger partial charge in [-0.2, -0.15) is 0 Å². The molecule has 4 heteroatoms. The van der Waals surface area contributed by atoms with Crippen LogP contribution in [0.5, 0.6) is 0 Å². The fraction of sp³-hybridized carbons (Fsp3) is 0. The molecule has 4 nitrogen and oxygen atoms in total. The van der Waals surface area contributed by atoms with Crippen molar-refractivity contribution < 1.29 is 19.8 Å². The summed E-state index contributed by atoms with van der Waals surface area (Å²) in [5.74, 6) is -2.93. The highest BCUT2D eigenvalue weighted by Crippen LogP contribution is 1.93. The Kier molecular flexibility index (Phi) is 2.90. The van der Waals surface area contributed by atoms with E-state index < -0.39 is 17.5 Å². The van der Waals surface area contributed by atoms with Gasteiger partial charge < -0.3 is 10.2 Å². The van der Waals surface area contributed by atoms with Gasteiger partial charge in [0.2, 0.25) is 0 Å². The van der Waals surface area contributed by atoms with Crippen LogP contribution in [0.2, 0.25) is 0 Å². The zero-order valence-corrected chi connectivity index (χ0v) is 5.07. The molecule has 0 rings (SSSR count). The monoisotopic (exact) mass is 142 g/mol. The molecule has 0 aromatic carbocycles. The minimum absolute atomic E-state index is 0.685. The third-order valence-electron chi connectivity index (χ3n) is 0.745. The van der Waals surface area contributed by atoms with Crippen LogP contribution >= 0.6 is 0 Å². The standard InChI is InChI=1S/C6H6O4/c1-2-3-4(5(7)8)6(9)10/h2-3H,1H2,(H,7,8)(H,9,10). The van der Waals surface area contributed by atoms with Crippen molar-refractivity contribution in [1.29, 1.82) is 0 Å². The number of hydrogen-bond acceptors (Lipinski definition) is 2. The Labute approximate surface area is 57.1 Å². The number of aliphatic carboxylic acids is 2. The highest BCUT2D eigenvalue weighted by atomic mass is 16.4. The fourth-order valence-electron chi connectivity index (χ4n) is 0.352. The molecule has 0 saturated carbocycles. The summed E-state index contributed by atoms with van der Waals surface area (Å²) in [6.07, 6.45) is 2.03. The van der Waals surface area contributed by atoms with Gasteiger partial charge >= 0.3 is 11.9 Å². The average molecular weight is 142 g/mol. The minimum atomic E-state index is -1.47. The summed E-state index contributed by atoms with van der Waals surface area (Å²) in [5, 5.41) is 16.4. The Hall–Kier alpha value is -1.58. The highest BCUT2D eigenvalue weighted by molar-refractivity contribution is 6.12. The predicted octanol–water partition coefficient (Wildman–Crippen LogP) is 0.268. The van der Waals surface area contributed by atoms with Crippen molar-refractivity contribution in [3.63, 3.8) is 0 Å². The molecule has 0 radical (unpaired) electrons. The number of carboxylic acid groups (broad SMARTS) is 2. The van der Waals surface area contributed by atoms with Gasteiger partial charge in [0.15, 0.2) is 0 Å². The van der Waals surface area contributed by atoms with Crippen molar-refractivity contribution >= 4 is 11.9 Å². The summed E-state index contributed by atoms with van der Waals surface area (Å²) in [4.78, 5) is 20.1. The Morgan fingerprint density at radius 3 is 1.70 bits per heavy atom. The second kappa shape index (κ2) is 3.45. The van der Waals surface area contributed by atoms with Crippen molar-refractivity contribution in [2.75, 3.05) is 0 Å². The maximum absolute atomic E-state index is 10.0. The Bertz CT molecular complexity index is 186. The van der Waals surface area contributed by atoms with Crippen LogP contribution in [0, 0.1) is 0 Å². The molecule has 0 aliphatic rings. The molecule has 0 spiro atoms. The maximum atomic E-state index is 10.0. The molecular weight excluding hydrogens is 136 g/mol. The van der Waals surface area contributed by atoms with Crippen LogP contribution in [0.1, 0.15) is 0 Å². The molecule has 0 aromatic rings. The van der Waals surface area contributed by atoms with E-state index in [1.165, 1.54) is 0 Å². The first-order valence-electron chi connectivity index (χ1n) is 2.39. The van der Waals surface area contributed by atoms with Gasteiger partial charge in [-0.05, 0) is 6.08 Å². The van der Waals surface area contributed by atoms with E-state index in [4.69, 9.17) is 10.2 Å². The van der Waals surface area contributed by atoms with Gasteiger partial charge in [-0.25, -0.2) is 9.59 Å². The molecule has 10 heavy (non-hydrogen) atoms. The van der Waals surface area contributed by atoms with Gasteiger partial charge in [0, 0.05) is 0 Å². The minimum Gasteiger partial charge on any atom is -0.477 e. The van der Waals surface area contributed by atoms with E-state index >= 15 is 0 Å². The fourth-order valence-corrected chi connectivity index (χ4v) is 0.352. The van der Waals surface area contributed by atoms with E-state index in [0.29, 0.717) is 0 Å². The van der Waals surface area contributed by atoms with Crippen LogP contribution in [0.3, 0.4) is 0 Å². The number of carbonyl (C=O) groups is 2. The second-order valence-corrected chi connectivity index (χ2v) is 1.43. The molecule has 0 fully saturated rings. The first-order chi connectivity index (χ1) is 4.59. The van der Waals surface area contributed by atoms with Gasteiger partial charge in [-0.3, -0.25) is 0 Å². The molecule has 0 atom stereocenters. The molecule has 0 aliphatic heterocycles. The van der Waals surface area contributed by atoms with E-state index in [1.54, 1.807) is 0 Å². The van der Waals surface area contributed by atoms with Crippen LogP contribution in [0.15, 0.2) is 24.3 Å². The Morgan fingerprint density at radius 1 is 1.20 bits per heavy atom. The first kappa shape index (κ1) is 8.42. The number of carboxylic acids is 2. The van der Waals surface area contributed by atoms with Crippen molar-refractivity contribution in [3.8, 4) is 0 Å². The lowest BCUT2D eigenvalue weighted by molar-refractivity contribution is -0.140. The maximum Gasteiger partial charge on any atom is 0.343 e. The van der Waals surface area contributed by atoms with Gasteiger partial charge in [0.25, 0.3) is 0 Å². The van der Waals surface area contributed by atoms with E-state index in [-0.39, 0.29) is 0 Å². The topological polar surface area (TPSA) is 74.6 Å². The average Bonchev–Trinajstić information content (AvgIpc) is 1.81. The number of allylic oxidation sites excluding steroid dienone is 2. The molecule has 0 aromatic heterocycles. The third kappa shape index (κ3) is 2.13. The lowest BCUT2D eigenvalue weighted by atomic mass is 10.2. The molecular formula is C6H6O4. The molecule has 0 heterocycles. The summed E-state index contributed by atoms with van der Waals surface area (Å²) >= 11 is 0. The van der Waals surface area contributed by atoms with Crippen molar-refractivity contribution in [1.82, 2.24) is 0 Å². The van der Waals surface area contributed by atoms with Gasteiger partial charge in [0.1, 0.15) is 5.57 Å². The zero-order chi connectivity index (χ0) is 8.15. The Morgan fingerprint density at radius 2 is 1.60 bits per heavy atom. The smallest absolute Gasteiger partial charge is 0.343 e. The SMILES string of the molecule is C=CC=C(C(=O)O)C(=O)O. The van der Waals surface area contributed by atoms with Gasteiger partial charge in [-0.15, -0.1) is 0 Å². The van der Waals surface area contributed by atoms with Crippen LogP contribution < -0.4 is 0 Å². The Balaban J connectivity index is 4.58. The van der Waals surface area contributed by atoms with Crippen LogP contribution in [-0.4, -0.2) is 22.2 Å². The van der Waals surface area contributed by atoms with E-state index in [0.717, 1.165) is 12.2 Å². The predicted molar refractivity (Wildman–Crippen MR) is 33.6 cm³/mol. The summed E-state index contributed by atoms with van der Waals surface area (Å²) in [7, 11) is 0. The van der Waals surface area contributed by atoms with Crippen LogP contribution in [0.4, 0.5) is 0 Å². The molecule has 0 unspecified atom stereocenters. The molecule has 54 valence electrons. The van der Waals surface area contributed by atoms with E-state index in [9.17, 15) is 9.59 Å². The first-order valence-corrected chi connectivity index (χ1v) is 2.39. The summed E-state index contributed by atoms with van der Waals surface area (Å²) in [6.45, 7) is 3.16. The summed E-state index contributed by atoms with van der Waals surface area (Å²) in [6, 6.07) is 0. The van der Waals surface area contributed by atoms with Crippen molar-refractivity contribution in [2.24, 2.45) is 0 Å². The lowest BCUT2D eigenvalue weighted by Crippen LogP contribution is -2.10. The van der Waals surface area contributed by atoms with Crippen LogP contribution in [0.25, 0.3) is 0 Å². The zero-order valence-electron chi connectivity index (χ0n) is 5.07. The second-order valence-electron chi connectivity index (χ2n) is 1.43. The molecule has 2 N–H and O–H groups in total. The normalized spacial score (nSPS) is 8.00. The largest absolute Gasteiger partial charge is 0.477 e. The van der Waals surface area contributed by atoms with Gasteiger partial charge in [-0.1, -0.05) is 12.7 Å². The molecule has 0 bridgehead atoms. The van der Waals surface area contributed by atoms with Crippen molar-refractivity contribution in [3.05, 3.63) is 24.3 Å². The number of hydrogen-bond donors (Lipinski definition) is 2. The molecule has 0 aliphatic carbocycles. The lowest BCUT2D eigenvalue weighted by Gasteiger charge is -1.89. The van der Waals surface area contributed by atoms with E-state index in [2.05, 4.69) is 6.58 Å². The van der Waals surface area contributed by atoms with Crippen molar-refractivity contribution in [2.45, 2.75) is 0 Å². The van der Waals surface area contributed by atoms with Gasteiger partial charge in [0.05, 0.1) is 0 Å². The quantitative estimate of drug-likeness (QED) is 0.256. The summed E-state index contributed by atoms with van der Waals surface area (Å²) < 4.78 is 0. The molecule has 0 amide bonds. The number of rotatable bonds is 3. The third-order valence-corrected chi connectivity index (χ3v) is 0.745. The summed E-state index contributed by atoms with van der Waals surface area (Å²) in [5.41, 5.74) is -0.685. The molecule has 0 saturated heterocycles. The van der Waals surface area contributed by atoms with E-state index in [1.807, 2.05) is 0 Å². The highest BCUT2D eigenvalue weighted by Gasteiger charge is 2.13. The van der Waals surface area contributed by atoms with Crippen LogP contribution in [-0.2, 0) is 9.59 Å².